The zero-order valence-corrected chi connectivity index (χ0v) is 10.2. The van der Waals surface area contributed by atoms with Crippen molar-refractivity contribution in [2.45, 2.75) is 42.5 Å². The van der Waals surface area contributed by atoms with Crippen LogP contribution in [0.1, 0.15) is 6.92 Å². The highest BCUT2D eigenvalue weighted by Crippen LogP contribution is 2.63. The maximum absolute atomic E-state index is 13.4. The molecule has 0 fully saturated rings. The summed E-state index contributed by atoms with van der Waals surface area (Å²) in [5.74, 6) is -9.62. The first-order chi connectivity index (χ1) is 9.38. The summed E-state index contributed by atoms with van der Waals surface area (Å²) in [4.78, 5) is 1.82. The largest absolute Gasteiger partial charge is 0.456 e. The first-order valence-corrected chi connectivity index (χ1v) is 5.23. The van der Waals surface area contributed by atoms with E-state index in [0.717, 1.165) is 0 Å². The van der Waals surface area contributed by atoms with Gasteiger partial charge in [-0.15, -0.1) is 0 Å². The molecule has 130 valence electrons. The monoisotopic (exact) mass is 353 g/mol. The molecule has 0 radical (unpaired) electrons. The van der Waals surface area contributed by atoms with E-state index in [2.05, 4.69) is 0 Å². The summed E-state index contributed by atoms with van der Waals surface area (Å²) < 4.78 is 141. The van der Waals surface area contributed by atoms with E-state index in [4.69, 9.17) is 0 Å². The van der Waals surface area contributed by atoms with Crippen LogP contribution in [-0.2, 0) is 0 Å². The third-order valence-electron chi connectivity index (χ3n) is 3.36. The van der Waals surface area contributed by atoms with E-state index in [9.17, 15) is 53.4 Å². The molecule has 1 N–H and O–H groups in total. The van der Waals surface area contributed by atoms with Crippen LogP contribution in [0.25, 0.3) is 0 Å². The van der Waals surface area contributed by atoms with Crippen molar-refractivity contribution in [3.05, 3.63) is 0 Å². The molecule has 0 aromatic rings. The van der Waals surface area contributed by atoms with Crippen LogP contribution in [0.4, 0.5) is 48.3 Å². The maximum Gasteiger partial charge on any atom is 0.456 e. The topological polar surface area (TPSA) is 32.6 Å². The van der Waals surface area contributed by atoms with Crippen molar-refractivity contribution in [3.8, 4) is 0 Å². The maximum atomic E-state index is 13.4. The van der Waals surface area contributed by atoms with Gasteiger partial charge in [0.05, 0.1) is 0 Å². The van der Waals surface area contributed by atoms with Gasteiger partial charge in [0.2, 0.25) is 0 Å². The van der Waals surface area contributed by atoms with Crippen LogP contribution in [0.3, 0.4) is 0 Å². The second-order valence-corrected chi connectivity index (χ2v) is 4.61. The minimum absolute atomic E-state index is 0.141. The van der Waals surface area contributed by atoms with Crippen molar-refractivity contribution in [1.82, 2.24) is 0 Å². The molecule has 1 rings (SSSR count). The number of hydrogen-bond acceptors (Lipinski definition) is 2. The number of alkyl halides is 11. The van der Waals surface area contributed by atoms with Crippen molar-refractivity contribution in [2.75, 3.05) is 0 Å². The molecule has 0 aromatic heterocycles. The zero-order valence-electron chi connectivity index (χ0n) is 10.2. The third-order valence-corrected chi connectivity index (χ3v) is 3.36. The number of nitrogens with zero attached hydrogens (tertiary/aromatic N) is 1. The summed E-state index contributed by atoms with van der Waals surface area (Å²) in [7, 11) is 0. The van der Waals surface area contributed by atoms with Gasteiger partial charge in [-0.3, -0.25) is 4.99 Å². The fourth-order valence-electron chi connectivity index (χ4n) is 2.23. The van der Waals surface area contributed by atoms with Crippen molar-refractivity contribution < 1.29 is 53.4 Å². The van der Waals surface area contributed by atoms with Crippen LogP contribution in [0, 0.1) is 5.92 Å². The molecule has 1 aliphatic heterocycles. The molecule has 2 atom stereocenters. The van der Waals surface area contributed by atoms with Crippen LogP contribution in [0.15, 0.2) is 4.99 Å². The molecule has 0 aliphatic carbocycles. The van der Waals surface area contributed by atoms with Crippen LogP contribution >= 0.6 is 0 Å². The van der Waals surface area contributed by atoms with Gasteiger partial charge in [0.1, 0.15) is 0 Å². The molecule has 0 spiro atoms. The molecular weight excluding hydrogens is 347 g/mol. The lowest BCUT2D eigenvalue weighted by atomic mass is 9.69. The Kier molecular flexibility index (Phi) is 3.82. The first kappa shape index (κ1) is 18.9. The Morgan fingerprint density at radius 2 is 1.23 bits per heavy atom. The standard InChI is InChI=1S/C9H6F11NO/c1-3-2-21-5(7(12,13)14,8(15,16)17)4(3,22)6(10,11)9(18,19)20/h2-3,22H,1H3. The molecule has 0 bridgehead atoms. The summed E-state index contributed by atoms with van der Waals surface area (Å²) in [6.45, 7) is 0.141. The van der Waals surface area contributed by atoms with Gasteiger partial charge in [0, 0.05) is 12.1 Å². The third kappa shape index (κ3) is 1.93. The molecule has 0 amide bonds. The van der Waals surface area contributed by atoms with E-state index in [-0.39, 0.29) is 6.92 Å². The molecule has 0 saturated carbocycles. The molecule has 22 heavy (non-hydrogen) atoms. The highest BCUT2D eigenvalue weighted by atomic mass is 19.4. The molecule has 1 aliphatic rings. The first-order valence-electron chi connectivity index (χ1n) is 5.23. The van der Waals surface area contributed by atoms with Crippen LogP contribution in [-0.4, -0.2) is 46.9 Å². The Bertz CT molecular complexity index is 459. The normalized spacial score (nSPS) is 30.0. The van der Waals surface area contributed by atoms with E-state index >= 15 is 0 Å². The number of halogens is 11. The Morgan fingerprint density at radius 1 is 0.864 bits per heavy atom. The van der Waals surface area contributed by atoms with Gasteiger partial charge < -0.3 is 5.11 Å². The summed E-state index contributed by atoms with van der Waals surface area (Å²) in [5, 5.41) is 9.37. The van der Waals surface area contributed by atoms with Crippen molar-refractivity contribution in [3.63, 3.8) is 0 Å². The number of rotatable bonds is 1. The summed E-state index contributed by atoms with van der Waals surface area (Å²) >= 11 is 0. The summed E-state index contributed by atoms with van der Waals surface area (Å²) in [5.41, 5.74) is -11.6. The van der Waals surface area contributed by atoms with Gasteiger partial charge in [-0.05, 0) is 0 Å². The van der Waals surface area contributed by atoms with E-state index < -0.39 is 47.7 Å². The lowest BCUT2D eigenvalue weighted by Gasteiger charge is -2.47. The van der Waals surface area contributed by atoms with Gasteiger partial charge in [-0.25, -0.2) is 0 Å². The Hall–Kier alpha value is -1.14. The van der Waals surface area contributed by atoms with Gasteiger partial charge in [-0.2, -0.15) is 48.3 Å². The smallest absolute Gasteiger partial charge is 0.380 e. The Labute approximate surface area is 114 Å². The lowest BCUT2D eigenvalue weighted by molar-refractivity contribution is -0.413. The zero-order chi connectivity index (χ0) is 18.0. The molecule has 13 heteroatoms. The van der Waals surface area contributed by atoms with Crippen molar-refractivity contribution in [2.24, 2.45) is 10.9 Å². The fraction of sp³-hybridized carbons (Fsp3) is 0.889. The highest BCUT2D eigenvalue weighted by molar-refractivity contribution is 5.69. The molecule has 1 heterocycles. The lowest BCUT2D eigenvalue weighted by Crippen LogP contribution is -2.77. The van der Waals surface area contributed by atoms with Gasteiger partial charge in [-0.1, -0.05) is 6.92 Å². The quantitative estimate of drug-likeness (QED) is 0.719. The molecule has 2 unspecified atom stereocenters. The molecule has 2 nitrogen and oxygen atoms in total. The summed E-state index contributed by atoms with van der Waals surface area (Å²) in [6.07, 6.45) is -20.8. The van der Waals surface area contributed by atoms with Gasteiger partial charge >= 0.3 is 24.5 Å². The molecule has 0 saturated heterocycles. The molecule has 0 aromatic carbocycles. The Morgan fingerprint density at radius 3 is 1.50 bits per heavy atom. The predicted molar refractivity (Wildman–Crippen MR) is 48.4 cm³/mol. The number of aliphatic hydroxyl groups is 1. The number of aliphatic imine (C=N–C) groups is 1. The fourth-order valence-corrected chi connectivity index (χ4v) is 2.23. The SMILES string of the molecule is CC1C=NC(C(F)(F)F)(C(F)(F)F)C1(O)C(F)(F)C(F)(F)F. The van der Waals surface area contributed by atoms with E-state index in [0.29, 0.717) is 0 Å². The minimum Gasteiger partial charge on any atom is -0.380 e. The molecular formula is C9H6F11NO. The van der Waals surface area contributed by atoms with Crippen molar-refractivity contribution >= 4 is 6.21 Å². The number of hydrogen-bond donors (Lipinski definition) is 1. The average Bonchev–Trinajstić information content (AvgIpc) is 2.50. The highest BCUT2D eigenvalue weighted by Gasteiger charge is 2.92. The average molecular weight is 353 g/mol. The van der Waals surface area contributed by atoms with E-state index in [1.54, 1.807) is 0 Å². The second kappa shape index (κ2) is 4.45. The van der Waals surface area contributed by atoms with Crippen LogP contribution in [0.2, 0.25) is 0 Å². The van der Waals surface area contributed by atoms with Crippen molar-refractivity contribution in [1.29, 1.82) is 0 Å². The van der Waals surface area contributed by atoms with Crippen LogP contribution in [0.5, 0.6) is 0 Å². The van der Waals surface area contributed by atoms with Gasteiger partial charge in [0.15, 0.2) is 5.60 Å². The van der Waals surface area contributed by atoms with Crippen LogP contribution < -0.4 is 0 Å². The predicted octanol–water partition coefficient (Wildman–Crippen LogP) is 3.50. The minimum atomic E-state index is -6.87. The Balaban J connectivity index is 3.83. The summed E-state index contributed by atoms with van der Waals surface area (Å²) in [6, 6.07) is 0. The van der Waals surface area contributed by atoms with E-state index in [1.165, 1.54) is 0 Å². The van der Waals surface area contributed by atoms with E-state index in [1.807, 2.05) is 4.99 Å². The second-order valence-electron chi connectivity index (χ2n) is 4.61. The van der Waals surface area contributed by atoms with Gasteiger partial charge in [0.25, 0.3) is 5.54 Å².